The number of nitrogens with zero attached hydrogens (tertiary/aromatic N) is 3. The predicted octanol–water partition coefficient (Wildman–Crippen LogP) is 3.57. The second-order valence-electron chi connectivity index (χ2n) is 5.98. The molecule has 1 N–H and O–H groups in total. The van der Waals surface area contributed by atoms with Crippen molar-refractivity contribution in [1.29, 1.82) is 0 Å². The van der Waals surface area contributed by atoms with Gasteiger partial charge in [0.25, 0.3) is 5.91 Å². The maximum absolute atomic E-state index is 13.2. The van der Waals surface area contributed by atoms with Gasteiger partial charge >= 0.3 is 0 Å². The molecule has 27 heavy (non-hydrogen) atoms. The zero-order valence-electron chi connectivity index (χ0n) is 14.2. The van der Waals surface area contributed by atoms with Crippen LogP contribution >= 0.6 is 11.8 Å². The van der Waals surface area contributed by atoms with Gasteiger partial charge in [0.1, 0.15) is 12.1 Å². The first kappa shape index (κ1) is 17.4. The molecular weight excluding hydrogens is 363 g/mol. The van der Waals surface area contributed by atoms with Gasteiger partial charge in [0.05, 0.1) is 10.4 Å². The fraction of sp³-hybridized carbons (Fsp3) is 0.100. The van der Waals surface area contributed by atoms with Gasteiger partial charge in [-0.3, -0.25) is 4.79 Å². The van der Waals surface area contributed by atoms with E-state index < -0.39 is 0 Å². The number of rotatable bonds is 4. The summed E-state index contributed by atoms with van der Waals surface area (Å²) in [5.74, 6) is -0.515. The summed E-state index contributed by atoms with van der Waals surface area (Å²) in [6.07, 6.45) is 5.70. The van der Waals surface area contributed by atoms with E-state index >= 15 is 0 Å². The van der Waals surface area contributed by atoms with E-state index in [2.05, 4.69) is 20.3 Å². The molecule has 0 saturated heterocycles. The molecule has 1 aromatic heterocycles. The summed E-state index contributed by atoms with van der Waals surface area (Å²) in [6.45, 7) is 0.573. The Hall–Kier alpha value is -3.06. The predicted molar refractivity (Wildman–Crippen MR) is 106 cm³/mol. The van der Waals surface area contributed by atoms with Crippen molar-refractivity contribution in [2.24, 2.45) is 4.99 Å². The molecule has 1 aliphatic heterocycles. The number of aliphatic imine (C=N–C) groups is 1. The zero-order valence-corrected chi connectivity index (χ0v) is 15.0. The number of nitrogens with one attached hydrogen (secondary N) is 1. The lowest BCUT2D eigenvalue weighted by Crippen LogP contribution is -2.21. The monoisotopic (exact) mass is 378 g/mol. The van der Waals surface area contributed by atoms with E-state index in [1.54, 1.807) is 12.3 Å². The number of benzene rings is 2. The quantitative estimate of drug-likeness (QED) is 0.703. The number of halogens is 1. The van der Waals surface area contributed by atoms with Crippen LogP contribution in [-0.4, -0.2) is 27.6 Å². The minimum absolute atomic E-state index is 0.249. The number of amidine groups is 1. The summed E-state index contributed by atoms with van der Waals surface area (Å²) in [6, 6.07) is 12.2. The Morgan fingerprint density at radius 1 is 1.19 bits per heavy atom. The van der Waals surface area contributed by atoms with E-state index in [4.69, 9.17) is 0 Å². The lowest BCUT2D eigenvalue weighted by molar-refractivity contribution is -0.113. The number of hydrogen-bond acceptors (Lipinski definition) is 5. The van der Waals surface area contributed by atoms with Gasteiger partial charge in [-0.15, -0.1) is 0 Å². The molecule has 0 unspecified atom stereocenters. The Morgan fingerprint density at radius 3 is 3.00 bits per heavy atom. The highest BCUT2D eigenvalue weighted by molar-refractivity contribution is 8.18. The highest BCUT2D eigenvalue weighted by atomic mass is 32.2. The molecule has 1 aliphatic rings. The van der Waals surface area contributed by atoms with E-state index in [0.29, 0.717) is 23.0 Å². The normalized spacial score (nSPS) is 15.4. The first-order chi connectivity index (χ1) is 13.2. The molecule has 0 fully saturated rings. The topological polar surface area (TPSA) is 67.2 Å². The third-order valence-electron chi connectivity index (χ3n) is 4.03. The maximum Gasteiger partial charge on any atom is 0.286 e. The van der Waals surface area contributed by atoms with Crippen molar-refractivity contribution in [2.75, 3.05) is 6.54 Å². The van der Waals surface area contributed by atoms with Crippen molar-refractivity contribution in [3.05, 3.63) is 76.8 Å². The van der Waals surface area contributed by atoms with E-state index in [1.165, 1.54) is 30.2 Å². The zero-order chi connectivity index (χ0) is 18.6. The first-order valence-electron chi connectivity index (χ1n) is 8.38. The molecule has 7 heteroatoms. The molecule has 0 spiro atoms. The molecule has 0 aliphatic carbocycles. The van der Waals surface area contributed by atoms with Crippen LogP contribution in [0.25, 0.3) is 17.0 Å². The number of carbonyl (C=O) groups excluding carboxylic acids is 1. The number of aromatic nitrogens is 2. The third-order valence-corrected chi connectivity index (χ3v) is 4.97. The summed E-state index contributed by atoms with van der Waals surface area (Å²) in [4.78, 5) is 24.9. The van der Waals surface area contributed by atoms with Crippen LogP contribution < -0.4 is 5.32 Å². The van der Waals surface area contributed by atoms with Crippen molar-refractivity contribution in [1.82, 2.24) is 15.3 Å². The number of hydrogen-bond donors (Lipinski definition) is 1. The summed E-state index contributed by atoms with van der Waals surface area (Å²) in [5, 5.41) is 4.61. The number of thioether (sulfide) groups is 1. The fourth-order valence-electron chi connectivity index (χ4n) is 2.74. The standard InChI is InChI=1S/C20H15FN4OS/c21-16-3-1-2-13(9-16)6-7-23-20-25-19(26)18(27-20)10-14-4-5-17-15(8-14)11-22-12-24-17/h1-5,8-12H,6-7H2,(H,23,25,26)/b18-10-. The van der Waals surface area contributed by atoms with Crippen molar-refractivity contribution in [3.63, 3.8) is 0 Å². The van der Waals surface area contributed by atoms with Crippen LogP contribution in [0.15, 0.2) is 64.9 Å². The number of amides is 1. The molecule has 2 heterocycles. The van der Waals surface area contributed by atoms with E-state index in [0.717, 1.165) is 22.0 Å². The van der Waals surface area contributed by atoms with Gasteiger partial charge in [0.15, 0.2) is 5.17 Å². The summed E-state index contributed by atoms with van der Waals surface area (Å²) in [7, 11) is 0. The molecular formula is C20H15FN4OS. The lowest BCUT2D eigenvalue weighted by Gasteiger charge is -2.05. The average Bonchev–Trinajstić information content (AvgIpc) is 3.01. The van der Waals surface area contributed by atoms with Crippen molar-refractivity contribution in [2.45, 2.75) is 6.42 Å². The number of fused-ring (bicyclic) bond motifs is 1. The highest BCUT2D eigenvalue weighted by Gasteiger charge is 2.21. The van der Waals surface area contributed by atoms with Gasteiger partial charge in [-0.25, -0.2) is 14.4 Å². The van der Waals surface area contributed by atoms with Crippen molar-refractivity contribution < 1.29 is 9.18 Å². The molecule has 0 saturated carbocycles. The largest absolute Gasteiger partial charge is 0.364 e. The van der Waals surface area contributed by atoms with Gasteiger partial charge in [-0.1, -0.05) is 18.2 Å². The van der Waals surface area contributed by atoms with E-state index in [9.17, 15) is 9.18 Å². The Labute approximate surface area is 159 Å². The second-order valence-corrected chi connectivity index (χ2v) is 7.01. The minimum Gasteiger partial charge on any atom is -0.364 e. The van der Waals surface area contributed by atoms with E-state index in [1.807, 2.05) is 30.3 Å². The van der Waals surface area contributed by atoms with Crippen LogP contribution in [0.4, 0.5) is 4.39 Å². The Bertz CT molecular complexity index is 1080. The SMILES string of the molecule is O=C1N=C(NCCc2cccc(F)c2)S/C1=C\c1ccc2ncncc2c1. The maximum atomic E-state index is 13.2. The van der Waals surface area contributed by atoms with Crippen LogP contribution in [0.1, 0.15) is 11.1 Å². The van der Waals surface area contributed by atoms with Crippen LogP contribution in [0.5, 0.6) is 0 Å². The molecule has 0 bridgehead atoms. The van der Waals surface area contributed by atoms with Gasteiger partial charge < -0.3 is 5.32 Å². The molecule has 2 aromatic carbocycles. The summed E-state index contributed by atoms with van der Waals surface area (Å²) < 4.78 is 13.2. The first-order valence-corrected chi connectivity index (χ1v) is 9.20. The molecule has 1 amide bonds. The molecule has 5 nitrogen and oxygen atoms in total. The molecule has 0 atom stereocenters. The summed E-state index contributed by atoms with van der Waals surface area (Å²) in [5.41, 5.74) is 2.64. The van der Waals surface area contributed by atoms with Gasteiger partial charge in [-0.05, 0) is 59.7 Å². The summed E-state index contributed by atoms with van der Waals surface area (Å²) >= 11 is 1.30. The lowest BCUT2D eigenvalue weighted by atomic mass is 10.1. The smallest absolute Gasteiger partial charge is 0.286 e. The van der Waals surface area contributed by atoms with Crippen LogP contribution in [0.3, 0.4) is 0 Å². The fourth-order valence-corrected chi connectivity index (χ4v) is 3.57. The Morgan fingerprint density at radius 2 is 2.11 bits per heavy atom. The van der Waals surface area contributed by atoms with Gasteiger partial charge in [-0.2, -0.15) is 4.99 Å². The van der Waals surface area contributed by atoms with Gasteiger partial charge in [0, 0.05) is 18.1 Å². The van der Waals surface area contributed by atoms with Crippen molar-refractivity contribution >= 4 is 39.8 Å². The molecule has 4 rings (SSSR count). The van der Waals surface area contributed by atoms with E-state index in [-0.39, 0.29) is 11.7 Å². The van der Waals surface area contributed by atoms with Crippen LogP contribution in [-0.2, 0) is 11.2 Å². The van der Waals surface area contributed by atoms with Crippen LogP contribution in [0, 0.1) is 5.82 Å². The Balaban J connectivity index is 1.40. The highest BCUT2D eigenvalue weighted by Crippen LogP contribution is 2.28. The molecule has 0 radical (unpaired) electrons. The third kappa shape index (κ3) is 4.20. The van der Waals surface area contributed by atoms with Crippen molar-refractivity contribution in [3.8, 4) is 0 Å². The van der Waals surface area contributed by atoms with Crippen LogP contribution in [0.2, 0.25) is 0 Å². The Kier molecular flexibility index (Phi) is 4.93. The average molecular weight is 378 g/mol. The molecule has 3 aromatic rings. The molecule has 134 valence electrons. The minimum atomic E-state index is -0.266. The number of carbonyl (C=O) groups is 1. The van der Waals surface area contributed by atoms with Gasteiger partial charge in [0.2, 0.25) is 0 Å². The second kappa shape index (κ2) is 7.67.